The highest BCUT2D eigenvalue weighted by molar-refractivity contribution is 6.00. The summed E-state index contributed by atoms with van der Waals surface area (Å²) in [5.41, 5.74) is 1.05. The van der Waals surface area contributed by atoms with Gasteiger partial charge in [-0.1, -0.05) is 43.3 Å². The molecule has 0 heterocycles. The molecule has 0 aromatic heterocycles. The van der Waals surface area contributed by atoms with Gasteiger partial charge in [-0.25, -0.2) is 4.79 Å². The van der Waals surface area contributed by atoms with E-state index < -0.39 is 23.8 Å². The number of ether oxygens (including phenoxy) is 1. The number of amides is 3. The summed E-state index contributed by atoms with van der Waals surface area (Å²) in [5.74, 6) is -0.478. The second kappa shape index (κ2) is 11.0. The van der Waals surface area contributed by atoms with Crippen molar-refractivity contribution >= 4 is 34.4 Å². The number of carbonyl (C=O) groups excluding carboxylic acids is 3. The number of benzene rings is 3. The highest BCUT2D eigenvalue weighted by atomic mass is 16.6. The third-order valence-corrected chi connectivity index (χ3v) is 6.86. The van der Waals surface area contributed by atoms with Crippen LogP contribution in [-0.4, -0.2) is 45.6 Å². The smallest absolute Gasteiger partial charge is 0.408 e. The number of rotatable bonds is 7. The fraction of sp³-hybridized carbons (Fsp3) is 0.387. The van der Waals surface area contributed by atoms with E-state index in [4.69, 9.17) is 4.74 Å². The maximum absolute atomic E-state index is 14.0. The van der Waals surface area contributed by atoms with Crippen molar-refractivity contribution in [3.05, 3.63) is 71.8 Å². The van der Waals surface area contributed by atoms with Gasteiger partial charge in [-0.3, -0.25) is 9.59 Å². The molecule has 39 heavy (non-hydrogen) atoms. The Labute approximate surface area is 229 Å². The molecule has 4 unspecified atom stereocenters. The van der Waals surface area contributed by atoms with Crippen LogP contribution in [0.25, 0.3) is 10.8 Å². The number of nitrogens with one attached hydrogen (secondary N) is 2. The number of hydrogen-bond acceptors (Lipinski definition) is 5. The van der Waals surface area contributed by atoms with Gasteiger partial charge in [0.05, 0.1) is 0 Å². The Bertz CT molecular complexity index is 1400. The van der Waals surface area contributed by atoms with Gasteiger partial charge in [0.2, 0.25) is 5.91 Å². The zero-order valence-corrected chi connectivity index (χ0v) is 23.3. The van der Waals surface area contributed by atoms with E-state index in [2.05, 4.69) is 10.6 Å². The maximum Gasteiger partial charge on any atom is 0.408 e. The summed E-state index contributed by atoms with van der Waals surface area (Å²) in [7, 11) is 0. The Morgan fingerprint density at radius 3 is 2.31 bits per heavy atom. The fourth-order valence-electron chi connectivity index (χ4n) is 4.71. The van der Waals surface area contributed by atoms with Crippen LogP contribution in [0, 0.1) is 12.8 Å². The first-order valence-corrected chi connectivity index (χ1v) is 13.2. The van der Waals surface area contributed by atoms with Crippen LogP contribution in [0.3, 0.4) is 0 Å². The first-order chi connectivity index (χ1) is 18.3. The molecule has 4 rings (SSSR count). The topological polar surface area (TPSA) is 108 Å². The SMILES string of the molecule is Cc1cc(C(C(=O)Nc2ccc3ccccc3c2)N(C(=O)C(C)NC(=O)OC(C)(C)C)C2CC2C)ccc1O. The minimum Gasteiger partial charge on any atom is -0.508 e. The van der Waals surface area contributed by atoms with Crippen LogP contribution in [0.15, 0.2) is 60.7 Å². The lowest BCUT2D eigenvalue weighted by Crippen LogP contribution is -2.52. The molecule has 0 spiro atoms. The Morgan fingerprint density at radius 2 is 1.69 bits per heavy atom. The molecule has 0 bridgehead atoms. The normalized spacial score (nSPS) is 18.1. The van der Waals surface area contributed by atoms with Crippen molar-refractivity contribution in [3.8, 4) is 5.75 Å². The second-order valence-corrected chi connectivity index (χ2v) is 11.4. The van der Waals surface area contributed by atoms with E-state index in [1.807, 2.05) is 49.4 Å². The molecule has 1 aliphatic carbocycles. The Morgan fingerprint density at radius 1 is 1.03 bits per heavy atom. The molecule has 3 aromatic carbocycles. The molecule has 1 saturated carbocycles. The van der Waals surface area contributed by atoms with Crippen LogP contribution in [0.2, 0.25) is 0 Å². The van der Waals surface area contributed by atoms with Crippen LogP contribution >= 0.6 is 0 Å². The zero-order chi connectivity index (χ0) is 28.5. The molecule has 0 radical (unpaired) electrons. The van der Waals surface area contributed by atoms with E-state index in [9.17, 15) is 19.5 Å². The van der Waals surface area contributed by atoms with Crippen LogP contribution in [0.5, 0.6) is 5.75 Å². The molecule has 8 nitrogen and oxygen atoms in total. The number of fused-ring (bicyclic) bond motifs is 1. The van der Waals surface area contributed by atoms with Gasteiger partial charge in [-0.05, 0) is 93.1 Å². The van der Waals surface area contributed by atoms with E-state index in [-0.39, 0.29) is 29.5 Å². The van der Waals surface area contributed by atoms with Gasteiger partial charge >= 0.3 is 6.09 Å². The quantitative estimate of drug-likeness (QED) is 0.363. The lowest BCUT2D eigenvalue weighted by atomic mass is 9.99. The lowest BCUT2D eigenvalue weighted by Gasteiger charge is -2.34. The lowest BCUT2D eigenvalue weighted by molar-refractivity contribution is -0.141. The average Bonchev–Trinajstić information content (AvgIpc) is 3.58. The molecule has 3 N–H and O–H groups in total. The molecule has 206 valence electrons. The third kappa shape index (κ3) is 6.69. The highest BCUT2D eigenvalue weighted by Gasteiger charge is 2.47. The number of aromatic hydroxyl groups is 1. The number of phenols is 1. The van der Waals surface area contributed by atoms with Crippen molar-refractivity contribution in [2.45, 2.75) is 71.7 Å². The summed E-state index contributed by atoms with van der Waals surface area (Å²) in [6, 6.07) is 16.3. The third-order valence-electron chi connectivity index (χ3n) is 6.86. The van der Waals surface area contributed by atoms with Crippen molar-refractivity contribution in [3.63, 3.8) is 0 Å². The number of phenolic OH excluding ortho intramolecular Hbond substituents is 1. The molecule has 0 saturated heterocycles. The highest BCUT2D eigenvalue weighted by Crippen LogP contribution is 2.41. The summed E-state index contributed by atoms with van der Waals surface area (Å²) < 4.78 is 5.34. The van der Waals surface area contributed by atoms with Gasteiger partial charge in [0, 0.05) is 11.7 Å². The molecule has 3 amide bonds. The first-order valence-electron chi connectivity index (χ1n) is 13.2. The first kappa shape index (κ1) is 28.0. The second-order valence-electron chi connectivity index (χ2n) is 11.4. The van der Waals surface area contributed by atoms with Gasteiger partial charge in [0.1, 0.15) is 23.4 Å². The number of anilines is 1. The van der Waals surface area contributed by atoms with Crippen molar-refractivity contribution < 1.29 is 24.2 Å². The van der Waals surface area contributed by atoms with Gasteiger partial charge in [-0.2, -0.15) is 0 Å². The van der Waals surface area contributed by atoms with E-state index >= 15 is 0 Å². The van der Waals surface area contributed by atoms with Gasteiger partial charge in [0.25, 0.3) is 5.91 Å². The largest absolute Gasteiger partial charge is 0.508 e. The predicted octanol–water partition coefficient (Wildman–Crippen LogP) is 5.68. The van der Waals surface area contributed by atoms with E-state index in [1.54, 1.807) is 51.7 Å². The molecule has 1 aliphatic rings. The molecular weight excluding hydrogens is 494 g/mol. The maximum atomic E-state index is 14.0. The van der Waals surface area contributed by atoms with Crippen molar-refractivity contribution in [1.29, 1.82) is 0 Å². The number of carbonyl (C=O) groups is 3. The number of nitrogens with zero attached hydrogens (tertiary/aromatic N) is 1. The van der Waals surface area contributed by atoms with Crippen molar-refractivity contribution in [1.82, 2.24) is 10.2 Å². The minimum atomic E-state index is -0.985. The van der Waals surface area contributed by atoms with Crippen LogP contribution in [0.4, 0.5) is 10.5 Å². The average molecular weight is 532 g/mol. The van der Waals surface area contributed by atoms with Crippen LogP contribution < -0.4 is 10.6 Å². The Balaban J connectivity index is 1.68. The number of hydrogen-bond donors (Lipinski definition) is 3. The summed E-state index contributed by atoms with van der Waals surface area (Å²) in [6.45, 7) is 10.6. The summed E-state index contributed by atoms with van der Waals surface area (Å²) in [4.78, 5) is 41.9. The van der Waals surface area contributed by atoms with Crippen molar-refractivity contribution in [2.24, 2.45) is 5.92 Å². The van der Waals surface area contributed by atoms with E-state index in [0.717, 1.165) is 17.2 Å². The number of alkyl carbamates (subject to hydrolysis) is 1. The summed E-state index contributed by atoms with van der Waals surface area (Å²) in [5, 5.41) is 17.8. The standard InChI is InChI=1S/C31H37N3O5/c1-18-16-25(18)34(29(37)20(3)32-30(38)39-31(4,5)6)27(23-12-14-26(35)19(2)15-23)28(36)33-24-13-11-21-9-7-8-10-22(21)17-24/h7-15,17-18,20,25,27,35H,16H2,1-6H3,(H,32,38)(H,33,36). The Hall–Kier alpha value is -4.07. The monoisotopic (exact) mass is 531 g/mol. The van der Waals surface area contributed by atoms with E-state index in [0.29, 0.717) is 16.8 Å². The van der Waals surface area contributed by atoms with Gasteiger partial charge in [-0.15, -0.1) is 0 Å². The summed E-state index contributed by atoms with van der Waals surface area (Å²) in [6.07, 6.45) is 0.0339. The van der Waals surface area contributed by atoms with Crippen LogP contribution in [0.1, 0.15) is 58.2 Å². The molecule has 8 heteroatoms. The predicted molar refractivity (Wildman–Crippen MR) is 151 cm³/mol. The molecule has 0 aliphatic heterocycles. The Kier molecular flexibility index (Phi) is 7.86. The van der Waals surface area contributed by atoms with Gasteiger partial charge < -0.3 is 25.4 Å². The molecular formula is C31H37N3O5. The molecule has 1 fully saturated rings. The molecule has 3 aromatic rings. The minimum absolute atomic E-state index is 0.102. The summed E-state index contributed by atoms with van der Waals surface area (Å²) >= 11 is 0. The molecule has 4 atom stereocenters. The van der Waals surface area contributed by atoms with E-state index in [1.165, 1.54) is 6.07 Å². The van der Waals surface area contributed by atoms with Crippen molar-refractivity contribution in [2.75, 3.05) is 5.32 Å². The number of aryl methyl sites for hydroxylation is 1. The zero-order valence-electron chi connectivity index (χ0n) is 23.3. The fourth-order valence-corrected chi connectivity index (χ4v) is 4.71. The van der Waals surface area contributed by atoms with Crippen LogP contribution in [-0.2, 0) is 14.3 Å². The van der Waals surface area contributed by atoms with Gasteiger partial charge in [0.15, 0.2) is 0 Å².